The van der Waals surface area contributed by atoms with Gasteiger partial charge in [-0.15, -0.1) is 10.2 Å². The van der Waals surface area contributed by atoms with Crippen molar-refractivity contribution in [2.75, 3.05) is 32.5 Å². The zero-order valence-electron chi connectivity index (χ0n) is 22.4. The number of hydrogen-bond acceptors (Lipinski definition) is 6. The van der Waals surface area contributed by atoms with Gasteiger partial charge in [-0.3, -0.25) is 14.2 Å². The summed E-state index contributed by atoms with van der Waals surface area (Å²) in [6.45, 7) is 11.5. The fraction of sp³-hybridized carbons (Fsp3) is 0.429. The van der Waals surface area contributed by atoms with Crippen LogP contribution in [-0.2, 0) is 9.59 Å². The summed E-state index contributed by atoms with van der Waals surface area (Å²) in [6, 6.07) is 15.8. The first kappa shape index (κ1) is 26.7. The highest BCUT2D eigenvalue weighted by molar-refractivity contribution is 7.99. The molecule has 8 nitrogen and oxygen atoms in total. The minimum absolute atomic E-state index is 0.0229. The normalized spacial score (nSPS) is 16.1. The number of nitrogens with zero attached hydrogens (tertiary/aromatic N) is 5. The standard InChI is InChI=1S/C28H35N5O3S/c1-19-10-12-22(13-11-19)33-25(21-8-7-9-23(16-21)36-6)29-30-27(33)37-18-24(34)31-14-15-32(20(2)17-31)26(35)28(3,4)5/h7-13,16,20H,14-15,17-18H2,1-6H3. The van der Waals surface area contributed by atoms with E-state index in [0.29, 0.717) is 30.6 Å². The zero-order chi connectivity index (χ0) is 26.7. The Morgan fingerprint density at radius 3 is 2.46 bits per heavy atom. The number of methoxy groups -OCH3 is 1. The number of aromatic nitrogens is 3. The van der Waals surface area contributed by atoms with E-state index in [-0.39, 0.29) is 23.6 Å². The second-order valence-electron chi connectivity index (χ2n) is 10.4. The molecule has 0 spiro atoms. The molecule has 196 valence electrons. The van der Waals surface area contributed by atoms with Gasteiger partial charge in [-0.1, -0.05) is 62.4 Å². The Labute approximate surface area is 223 Å². The molecular formula is C28H35N5O3S. The number of thioether (sulfide) groups is 1. The van der Waals surface area contributed by atoms with Crippen LogP contribution in [0.4, 0.5) is 0 Å². The van der Waals surface area contributed by atoms with Gasteiger partial charge in [0.05, 0.1) is 12.9 Å². The molecule has 0 radical (unpaired) electrons. The molecule has 0 saturated carbocycles. The van der Waals surface area contributed by atoms with E-state index >= 15 is 0 Å². The lowest BCUT2D eigenvalue weighted by molar-refractivity contribution is -0.147. The SMILES string of the molecule is COc1cccc(-c2nnc(SCC(=O)N3CCN(C(=O)C(C)(C)C)C(C)C3)n2-c2ccc(C)cc2)c1. The van der Waals surface area contributed by atoms with Crippen LogP contribution in [-0.4, -0.2) is 74.9 Å². The van der Waals surface area contributed by atoms with Gasteiger partial charge in [0.1, 0.15) is 5.75 Å². The quantitative estimate of drug-likeness (QED) is 0.446. The third-order valence-electron chi connectivity index (χ3n) is 6.46. The summed E-state index contributed by atoms with van der Waals surface area (Å²) in [5.41, 5.74) is 2.52. The van der Waals surface area contributed by atoms with E-state index in [4.69, 9.17) is 4.74 Å². The van der Waals surface area contributed by atoms with Crippen molar-refractivity contribution in [2.24, 2.45) is 5.41 Å². The Morgan fingerprint density at radius 1 is 1.08 bits per heavy atom. The van der Waals surface area contributed by atoms with E-state index in [2.05, 4.69) is 10.2 Å². The van der Waals surface area contributed by atoms with Crippen LogP contribution < -0.4 is 4.74 Å². The van der Waals surface area contributed by atoms with Gasteiger partial charge in [-0.25, -0.2) is 0 Å². The summed E-state index contributed by atoms with van der Waals surface area (Å²) in [4.78, 5) is 29.7. The van der Waals surface area contributed by atoms with Crippen LogP contribution in [0.5, 0.6) is 5.75 Å². The minimum atomic E-state index is -0.434. The third-order valence-corrected chi connectivity index (χ3v) is 7.37. The first-order valence-electron chi connectivity index (χ1n) is 12.5. The van der Waals surface area contributed by atoms with Gasteiger partial charge in [0, 0.05) is 42.3 Å². The van der Waals surface area contributed by atoms with Crippen LogP contribution in [0.15, 0.2) is 53.7 Å². The van der Waals surface area contributed by atoms with Crippen LogP contribution in [0.25, 0.3) is 17.1 Å². The number of rotatable bonds is 6. The lowest BCUT2D eigenvalue weighted by atomic mass is 9.93. The molecule has 3 aromatic rings. The van der Waals surface area contributed by atoms with E-state index in [1.165, 1.54) is 11.8 Å². The fourth-order valence-corrected chi connectivity index (χ4v) is 5.23. The van der Waals surface area contributed by atoms with Crippen molar-refractivity contribution in [2.45, 2.75) is 45.8 Å². The molecule has 0 N–H and O–H groups in total. The summed E-state index contributed by atoms with van der Waals surface area (Å²) >= 11 is 1.37. The van der Waals surface area contributed by atoms with E-state index in [1.54, 1.807) is 7.11 Å². The first-order chi connectivity index (χ1) is 17.6. The molecule has 2 aromatic carbocycles. The topological polar surface area (TPSA) is 80.6 Å². The lowest BCUT2D eigenvalue weighted by Gasteiger charge is -2.42. The molecule has 2 heterocycles. The average molecular weight is 522 g/mol. The van der Waals surface area contributed by atoms with Crippen molar-refractivity contribution < 1.29 is 14.3 Å². The van der Waals surface area contributed by atoms with E-state index in [1.807, 2.05) is 97.5 Å². The number of carbonyl (C=O) groups is 2. The smallest absolute Gasteiger partial charge is 0.233 e. The molecular weight excluding hydrogens is 486 g/mol. The summed E-state index contributed by atoms with van der Waals surface area (Å²) in [7, 11) is 1.64. The predicted octanol–water partition coefficient (Wildman–Crippen LogP) is 4.45. The first-order valence-corrected chi connectivity index (χ1v) is 13.5. The second-order valence-corrected chi connectivity index (χ2v) is 11.4. The fourth-order valence-electron chi connectivity index (χ4n) is 4.37. The molecule has 0 bridgehead atoms. The maximum atomic E-state index is 13.2. The highest BCUT2D eigenvalue weighted by Crippen LogP contribution is 2.30. The van der Waals surface area contributed by atoms with Crippen molar-refractivity contribution in [3.63, 3.8) is 0 Å². The van der Waals surface area contributed by atoms with E-state index in [0.717, 1.165) is 22.6 Å². The Balaban J connectivity index is 1.52. The minimum Gasteiger partial charge on any atom is -0.497 e. The molecule has 37 heavy (non-hydrogen) atoms. The average Bonchev–Trinajstić information content (AvgIpc) is 3.30. The van der Waals surface area contributed by atoms with Crippen LogP contribution in [0.2, 0.25) is 0 Å². The number of benzene rings is 2. The number of amides is 2. The molecule has 2 amide bonds. The van der Waals surface area contributed by atoms with Crippen LogP contribution >= 0.6 is 11.8 Å². The number of ether oxygens (including phenoxy) is 1. The summed E-state index contributed by atoms with van der Waals surface area (Å²) < 4.78 is 7.38. The zero-order valence-corrected chi connectivity index (χ0v) is 23.2. The molecule has 9 heteroatoms. The highest BCUT2D eigenvalue weighted by Gasteiger charge is 2.35. The van der Waals surface area contributed by atoms with E-state index in [9.17, 15) is 9.59 Å². The Bertz CT molecular complexity index is 1270. The van der Waals surface area contributed by atoms with Crippen molar-refractivity contribution in [3.8, 4) is 22.8 Å². The highest BCUT2D eigenvalue weighted by atomic mass is 32.2. The molecule has 1 atom stereocenters. The van der Waals surface area contributed by atoms with Gasteiger partial charge in [0.15, 0.2) is 11.0 Å². The van der Waals surface area contributed by atoms with Crippen molar-refractivity contribution in [3.05, 3.63) is 54.1 Å². The van der Waals surface area contributed by atoms with Gasteiger partial charge in [-0.05, 0) is 38.1 Å². The Hall–Kier alpha value is -3.33. The van der Waals surface area contributed by atoms with Gasteiger partial charge in [0.25, 0.3) is 0 Å². The molecule has 4 rings (SSSR count). The second kappa shape index (κ2) is 11.0. The van der Waals surface area contributed by atoms with Crippen LogP contribution in [0.1, 0.15) is 33.3 Å². The number of aryl methyl sites for hydroxylation is 1. The molecule has 1 aliphatic heterocycles. The number of hydrogen-bond donors (Lipinski definition) is 0. The molecule has 1 fully saturated rings. The number of piperazine rings is 1. The lowest BCUT2D eigenvalue weighted by Crippen LogP contribution is -2.57. The largest absolute Gasteiger partial charge is 0.497 e. The summed E-state index contributed by atoms with van der Waals surface area (Å²) in [5.74, 6) is 1.81. The van der Waals surface area contributed by atoms with Gasteiger partial charge in [-0.2, -0.15) is 0 Å². The molecule has 1 unspecified atom stereocenters. The monoisotopic (exact) mass is 521 g/mol. The molecule has 1 aromatic heterocycles. The van der Waals surface area contributed by atoms with Crippen molar-refractivity contribution in [1.82, 2.24) is 24.6 Å². The van der Waals surface area contributed by atoms with Gasteiger partial charge in [0.2, 0.25) is 11.8 Å². The van der Waals surface area contributed by atoms with Crippen LogP contribution in [0.3, 0.4) is 0 Å². The Kier molecular flexibility index (Phi) is 7.92. The Morgan fingerprint density at radius 2 is 1.81 bits per heavy atom. The third kappa shape index (κ3) is 5.98. The maximum Gasteiger partial charge on any atom is 0.233 e. The van der Waals surface area contributed by atoms with Gasteiger partial charge >= 0.3 is 0 Å². The maximum absolute atomic E-state index is 13.2. The summed E-state index contributed by atoms with van der Waals surface area (Å²) in [5, 5.41) is 9.58. The van der Waals surface area contributed by atoms with Gasteiger partial charge < -0.3 is 14.5 Å². The molecule has 0 aliphatic carbocycles. The van der Waals surface area contributed by atoms with Crippen molar-refractivity contribution >= 4 is 23.6 Å². The molecule has 1 saturated heterocycles. The number of carbonyl (C=O) groups excluding carboxylic acids is 2. The summed E-state index contributed by atoms with van der Waals surface area (Å²) in [6.07, 6.45) is 0. The van der Waals surface area contributed by atoms with Crippen LogP contribution in [0, 0.1) is 12.3 Å². The predicted molar refractivity (Wildman–Crippen MR) is 146 cm³/mol. The van der Waals surface area contributed by atoms with Crippen molar-refractivity contribution in [1.29, 1.82) is 0 Å². The molecule has 1 aliphatic rings. The van der Waals surface area contributed by atoms with E-state index < -0.39 is 5.41 Å².